The van der Waals surface area contributed by atoms with Crippen LogP contribution >= 0.6 is 0 Å². The summed E-state index contributed by atoms with van der Waals surface area (Å²) in [6, 6.07) is 5.70. The van der Waals surface area contributed by atoms with Crippen molar-refractivity contribution < 1.29 is 9.59 Å². The minimum atomic E-state index is -0.283. The highest BCUT2D eigenvalue weighted by Gasteiger charge is 2.27. The van der Waals surface area contributed by atoms with E-state index in [1.54, 1.807) is 12.4 Å². The van der Waals surface area contributed by atoms with Gasteiger partial charge in [-0.3, -0.25) is 19.9 Å². The maximum Gasteiger partial charge on any atom is 0.234 e. The van der Waals surface area contributed by atoms with Crippen LogP contribution in [0, 0.1) is 0 Å². The van der Waals surface area contributed by atoms with Crippen molar-refractivity contribution in [1.82, 2.24) is 10.3 Å². The first kappa shape index (κ1) is 11.6. The van der Waals surface area contributed by atoms with Crippen molar-refractivity contribution in [3.63, 3.8) is 0 Å². The maximum absolute atomic E-state index is 11.9. The number of benzene rings is 1. The van der Waals surface area contributed by atoms with Crippen LogP contribution in [-0.4, -0.2) is 16.8 Å². The number of amides is 2. The molecule has 5 nitrogen and oxygen atoms in total. The van der Waals surface area contributed by atoms with Gasteiger partial charge in [0.1, 0.15) is 0 Å². The number of imide groups is 1. The Morgan fingerprint density at radius 3 is 2.89 bits per heavy atom. The number of nitrogens with zero attached hydrogens (tertiary/aromatic N) is 1. The third-order valence-electron chi connectivity index (χ3n) is 3.46. The molecule has 5 heteroatoms. The molecule has 1 aromatic heterocycles. The quantitative estimate of drug-likeness (QED) is 0.753. The topological polar surface area (TPSA) is 85.1 Å². The monoisotopic (exact) mass is 255 g/mol. The van der Waals surface area contributed by atoms with Gasteiger partial charge in [-0.2, -0.15) is 0 Å². The van der Waals surface area contributed by atoms with E-state index in [0.717, 1.165) is 16.3 Å². The first-order chi connectivity index (χ1) is 9.15. The molecule has 0 radical (unpaired) electrons. The number of hydrogen-bond donors (Lipinski definition) is 2. The highest BCUT2D eigenvalue weighted by Crippen LogP contribution is 2.29. The fourth-order valence-corrected chi connectivity index (χ4v) is 2.43. The molecule has 3 rings (SSSR count). The van der Waals surface area contributed by atoms with Gasteiger partial charge in [-0.15, -0.1) is 0 Å². The van der Waals surface area contributed by atoms with Crippen molar-refractivity contribution >= 4 is 28.3 Å². The summed E-state index contributed by atoms with van der Waals surface area (Å²) in [5.74, 6) is -0.719. The van der Waals surface area contributed by atoms with E-state index in [4.69, 9.17) is 5.73 Å². The molecule has 3 N–H and O–H groups in total. The van der Waals surface area contributed by atoms with Crippen molar-refractivity contribution in [1.29, 1.82) is 0 Å². The Bertz CT molecular complexity index is 681. The van der Waals surface area contributed by atoms with Crippen molar-refractivity contribution in [3.8, 4) is 0 Å². The Labute approximate surface area is 109 Å². The summed E-state index contributed by atoms with van der Waals surface area (Å²) in [7, 11) is 0. The molecule has 19 heavy (non-hydrogen) atoms. The fraction of sp³-hybridized carbons (Fsp3) is 0.214. The number of carbonyl (C=O) groups excluding carboxylic acids is 2. The second kappa shape index (κ2) is 4.35. The normalized spacial score (nSPS) is 19.5. The number of carbonyl (C=O) groups is 2. The minimum absolute atomic E-state index is 0.203. The number of aromatic nitrogens is 1. The van der Waals surface area contributed by atoms with Gasteiger partial charge in [-0.05, 0) is 18.1 Å². The number of nitrogens with one attached hydrogen (secondary N) is 1. The van der Waals surface area contributed by atoms with E-state index >= 15 is 0 Å². The summed E-state index contributed by atoms with van der Waals surface area (Å²) in [4.78, 5) is 27.0. The van der Waals surface area contributed by atoms with Crippen LogP contribution in [0.3, 0.4) is 0 Å². The molecule has 1 saturated heterocycles. The smallest absolute Gasteiger partial charge is 0.234 e. The van der Waals surface area contributed by atoms with E-state index in [0.29, 0.717) is 18.5 Å². The number of nitrogen functional groups attached to an aromatic ring is 1. The predicted molar refractivity (Wildman–Crippen MR) is 71.3 cm³/mol. The van der Waals surface area contributed by atoms with Gasteiger partial charge in [-0.25, -0.2) is 0 Å². The summed E-state index contributed by atoms with van der Waals surface area (Å²) in [6.45, 7) is 0. The van der Waals surface area contributed by atoms with Crippen LogP contribution in [0.1, 0.15) is 24.3 Å². The number of fused-ring (bicyclic) bond motifs is 1. The Morgan fingerprint density at radius 1 is 1.26 bits per heavy atom. The minimum Gasteiger partial charge on any atom is -0.397 e. The van der Waals surface area contributed by atoms with Gasteiger partial charge in [0.2, 0.25) is 11.8 Å². The first-order valence-corrected chi connectivity index (χ1v) is 6.12. The first-order valence-electron chi connectivity index (χ1n) is 6.12. The van der Waals surface area contributed by atoms with E-state index in [1.807, 2.05) is 18.2 Å². The lowest BCUT2D eigenvalue weighted by atomic mass is 9.89. The average Bonchev–Trinajstić information content (AvgIpc) is 2.39. The fourth-order valence-electron chi connectivity index (χ4n) is 2.43. The SMILES string of the molecule is Nc1cncc2ccc(C3CCC(=O)NC3=O)cc12. The summed E-state index contributed by atoms with van der Waals surface area (Å²) in [5.41, 5.74) is 7.37. The molecule has 1 aliphatic rings. The van der Waals surface area contributed by atoms with Gasteiger partial charge in [0.05, 0.1) is 17.8 Å². The average molecular weight is 255 g/mol. The molecule has 2 heterocycles. The molecule has 1 aliphatic heterocycles. The molecule has 1 aromatic carbocycles. The van der Waals surface area contributed by atoms with Crippen molar-refractivity contribution in [3.05, 3.63) is 36.2 Å². The molecule has 1 unspecified atom stereocenters. The van der Waals surface area contributed by atoms with Crippen LogP contribution in [0.5, 0.6) is 0 Å². The van der Waals surface area contributed by atoms with Crippen molar-refractivity contribution in [2.75, 3.05) is 5.73 Å². The molecular formula is C14H13N3O2. The highest BCUT2D eigenvalue weighted by molar-refractivity contribution is 6.01. The largest absolute Gasteiger partial charge is 0.397 e. The maximum atomic E-state index is 11.9. The third kappa shape index (κ3) is 2.03. The van der Waals surface area contributed by atoms with Gasteiger partial charge in [0.15, 0.2) is 0 Å². The molecular weight excluding hydrogens is 242 g/mol. The lowest BCUT2D eigenvalue weighted by Crippen LogP contribution is -2.39. The highest BCUT2D eigenvalue weighted by atomic mass is 16.2. The predicted octanol–water partition coefficient (Wildman–Crippen LogP) is 1.34. The van der Waals surface area contributed by atoms with Crippen LogP contribution in [0.15, 0.2) is 30.6 Å². The van der Waals surface area contributed by atoms with Gasteiger partial charge in [-0.1, -0.05) is 12.1 Å². The number of pyridine rings is 1. The number of rotatable bonds is 1. The molecule has 2 aromatic rings. The molecule has 0 bridgehead atoms. The van der Waals surface area contributed by atoms with Crippen molar-refractivity contribution in [2.24, 2.45) is 0 Å². The zero-order chi connectivity index (χ0) is 13.4. The zero-order valence-electron chi connectivity index (χ0n) is 10.2. The summed E-state index contributed by atoms with van der Waals surface area (Å²) < 4.78 is 0. The summed E-state index contributed by atoms with van der Waals surface area (Å²) in [5, 5.41) is 4.20. The summed E-state index contributed by atoms with van der Waals surface area (Å²) in [6.07, 6.45) is 4.25. The van der Waals surface area contributed by atoms with E-state index in [1.165, 1.54) is 0 Å². The van der Waals surface area contributed by atoms with E-state index in [9.17, 15) is 9.59 Å². The molecule has 1 fully saturated rings. The Morgan fingerprint density at radius 2 is 2.11 bits per heavy atom. The molecule has 0 saturated carbocycles. The van der Waals surface area contributed by atoms with Crippen molar-refractivity contribution in [2.45, 2.75) is 18.8 Å². The van der Waals surface area contributed by atoms with Crippen LogP contribution in [0.4, 0.5) is 5.69 Å². The van der Waals surface area contributed by atoms with E-state index < -0.39 is 0 Å². The number of anilines is 1. The van der Waals surface area contributed by atoms with Crippen LogP contribution in [0.2, 0.25) is 0 Å². The zero-order valence-corrected chi connectivity index (χ0v) is 10.2. The number of hydrogen-bond acceptors (Lipinski definition) is 4. The Balaban J connectivity index is 2.04. The van der Waals surface area contributed by atoms with Crippen LogP contribution < -0.4 is 11.1 Å². The molecule has 2 amide bonds. The molecule has 0 spiro atoms. The lowest BCUT2D eigenvalue weighted by Gasteiger charge is -2.21. The van der Waals surface area contributed by atoms with Gasteiger partial charge in [0, 0.05) is 23.4 Å². The number of nitrogens with two attached hydrogens (primary N) is 1. The molecule has 96 valence electrons. The summed E-state index contributed by atoms with van der Waals surface area (Å²) >= 11 is 0. The van der Waals surface area contributed by atoms with Gasteiger partial charge in [0.25, 0.3) is 0 Å². The Hall–Kier alpha value is -2.43. The second-order valence-electron chi connectivity index (χ2n) is 4.71. The molecule has 0 aliphatic carbocycles. The Kier molecular flexibility index (Phi) is 2.67. The molecule has 1 atom stereocenters. The van der Waals surface area contributed by atoms with Crippen LogP contribution in [0.25, 0.3) is 10.8 Å². The second-order valence-corrected chi connectivity index (χ2v) is 4.71. The van der Waals surface area contributed by atoms with Gasteiger partial charge >= 0.3 is 0 Å². The lowest BCUT2D eigenvalue weighted by molar-refractivity contribution is -0.134. The van der Waals surface area contributed by atoms with Crippen LogP contribution in [-0.2, 0) is 9.59 Å². The van der Waals surface area contributed by atoms with E-state index in [-0.39, 0.29) is 17.7 Å². The number of piperidine rings is 1. The third-order valence-corrected chi connectivity index (χ3v) is 3.46. The standard InChI is InChI=1S/C14H13N3O2/c15-12-7-16-6-9-2-1-8(5-11(9)12)10-3-4-13(18)17-14(10)19/h1-2,5-7,10H,3-4,15H2,(H,17,18,19). The van der Waals surface area contributed by atoms with E-state index in [2.05, 4.69) is 10.3 Å². The van der Waals surface area contributed by atoms with Gasteiger partial charge < -0.3 is 5.73 Å².